The Morgan fingerprint density at radius 3 is 2.04 bits per heavy atom. The molecule has 1 aliphatic rings. The van der Waals surface area contributed by atoms with Crippen molar-refractivity contribution in [3.05, 3.63) is 71.8 Å². The molecule has 0 aromatic heterocycles. The van der Waals surface area contributed by atoms with Gasteiger partial charge in [-0.25, -0.2) is 4.99 Å². The van der Waals surface area contributed by atoms with Gasteiger partial charge in [0.2, 0.25) is 0 Å². The van der Waals surface area contributed by atoms with E-state index < -0.39 is 11.5 Å². The zero-order chi connectivity index (χ0) is 17.7. The van der Waals surface area contributed by atoms with Crippen LogP contribution < -0.4 is 0 Å². The highest BCUT2D eigenvalue weighted by atomic mass is 16.5. The van der Waals surface area contributed by atoms with Gasteiger partial charge in [-0.05, 0) is 25.0 Å². The summed E-state index contributed by atoms with van der Waals surface area (Å²) < 4.78 is 11.1. The lowest BCUT2D eigenvalue weighted by Gasteiger charge is -2.32. The Morgan fingerprint density at radius 2 is 1.56 bits per heavy atom. The van der Waals surface area contributed by atoms with E-state index in [1.54, 1.807) is 0 Å². The van der Waals surface area contributed by atoms with Gasteiger partial charge in [0.25, 0.3) is 0 Å². The van der Waals surface area contributed by atoms with E-state index in [-0.39, 0.29) is 5.97 Å². The summed E-state index contributed by atoms with van der Waals surface area (Å²) >= 11 is 0. The Hall–Kier alpha value is -2.62. The number of hydrogen-bond acceptors (Lipinski definition) is 4. The maximum absolute atomic E-state index is 12.8. The molecule has 1 aliphatic heterocycles. The Morgan fingerprint density at radius 1 is 1.00 bits per heavy atom. The molecule has 25 heavy (non-hydrogen) atoms. The summed E-state index contributed by atoms with van der Waals surface area (Å²) in [6.45, 7) is 4.61. The van der Waals surface area contributed by atoms with Gasteiger partial charge in [-0.2, -0.15) is 0 Å². The number of aliphatic imine (C=N–C) groups is 1. The minimum Gasteiger partial charge on any atom is -0.481 e. The van der Waals surface area contributed by atoms with E-state index >= 15 is 0 Å². The molecular formula is C21H23NO3. The smallest absolute Gasteiger partial charge is 0.312 e. The SMILES string of the molecule is CCOC(=O)[C@@H]1CC(OCC)=NC1(c1ccccc1)c1ccccc1. The molecule has 0 amide bonds. The van der Waals surface area contributed by atoms with E-state index in [0.717, 1.165) is 11.1 Å². The molecule has 0 spiro atoms. The van der Waals surface area contributed by atoms with Crippen LogP contribution in [0.25, 0.3) is 0 Å². The van der Waals surface area contributed by atoms with Crippen molar-refractivity contribution in [2.75, 3.05) is 13.2 Å². The zero-order valence-electron chi connectivity index (χ0n) is 14.6. The topological polar surface area (TPSA) is 47.9 Å². The van der Waals surface area contributed by atoms with Gasteiger partial charge in [0.1, 0.15) is 5.54 Å². The standard InChI is InChI=1S/C21H23NO3/c1-3-24-19-15-18(20(23)25-4-2)21(22-19,16-11-7-5-8-12-16)17-13-9-6-10-14-17/h5-14,18H,3-4,15H2,1-2H3/t18-/m0/s1. The second-order valence-corrected chi connectivity index (χ2v) is 5.95. The summed E-state index contributed by atoms with van der Waals surface area (Å²) in [7, 11) is 0. The lowest BCUT2D eigenvalue weighted by atomic mass is 9.74. The lowest BCUT2D eigenvalue weighted by molar-refractivity contribution is -0.149. The molecule has 0 radical (unpaired) electrons. The largest absolute Gasteiger partial charge is 0.481 e. The van der Waals surface area contributed by atoms with Crippen LogP contribution in [0, 0.1) is 5.92 Å². The highest BCUT2D eigenvalue weighted by Gasteiger charge is 2.52. The summed E-state index contributed by atoms with van der Waals surface area (Å²) in [5, 5.41) is 0. The molecule has 0 aliphatic carbocycles. The van der Waals surface area contributed by atoms with Gasteiger partial charge < -0.3 is 9.47 Å². The van der Waals surface area contributed by atoms with Crippen molar-refractivity contribution in [1.82, 2.24) is 0 Å². The van der Waals surface area contributed by atoms with Gasteiger partial charge in [0, 0.05) is 6.42 Å². The molecule has 4 heteroatoms. The third kappa shape index (κ3) is 3.16. The molecule has 3 rings (SSSR count). The monoisotopic (exact) mass is 337 g/mol. The molecule has 0 fully saturated rings. The summed E-state index contributed by atoms with van der Waals surface area (Å²) in [5.41, 5.74) is 1.11. The predicted molar refractivity (Wildman–Crippen MR) is 97.5 cm³/mol. The average molecular weight is 337 g/mol. The van der Waals surface area contributed by atoms with Gasteiger partial charge >= 0.3 is 5.97 Å². The normalized spacial score (nSPS) is 18.5. The predicted octanol–water partition coefficient (Wildman–Crippen LogP) is 3.95. The first-order valence-corrected chi connectivity index (χ1v) is 8.71. The van der Waals surface area contributed by atoms with Crippen molar-refractivity contribution in [3.63, 3.8) is 0 Å². The maximum Gasteiger partial charge on any atom is 0.312 e. The first kappa shape index (κ1) is 17.2. The molecule has 2 aromatic rings. The van der Waals surface area contributed by atoms with Crippen LogP contribution in [0.1, 0.15) is 31.4 Å². The molecular weight excluding hydrogens is 314 g/mol. The Labute approximate surface area is 148 Å². The van der Waals surface area contributed by atoms with E-state index in [1.807, 2.05) is 74.5 Å². The zero-order valence-corrected chi connectivity index (χ0v) is 14.6. The highest BCUT2D eigenvalue weighted by molar-refractivity contribution is 5.89. The van der Waals surface area contributed by atoms with Crippen molar-refractivity contribution < 1.29 is 14.3 Å². The molecule has 0 N–H and O–H groups in total. The Balaban J connectivity index is 2.20. The second-order valence-electron chi connectivity index (χ2n) is 5.95. The molecule has 0 saturated heterocycles. The molecule has 4 nitrogen and oxygen atoms in total. The number of carbonyl (C=O) groups excluding carboxylic acids is 1. The number of ether oxygens (including phenoxy) is 2. The lowest BCUT2D eigenvalue weighted by Crippen LogP contribution is -2.37. The van der Waals surface area contributed by atoms with E-state index in [9.17, 15) is 4.79 Å². The van der Waals surface area contributed by atoms with Crippen molar-refractivity contribution in [3.8, 4) is 0 Å². The fourth-order valence-electron chi connectivity index (χ4n) is 3.48. The van der Waals surface area contributed by atoms with Crippen LogP contribution >= 0.6 is 0 Å². The van der Waals surface area contributed by atoms with Gasteiger partial charge in [-0.15, -0.1) is 0 Å². The van der Waals surface area contributed by atoms with E-state index in [1.165, 1.54) is 0 Å². The summed E-state index contributed by atoms with van der Waals surface area (Å²) in [6.07, 6.45) is 0.441. The third-order valence-electron chi connectivity index (χ3n) is 4.49. The Bertz CT molecular complexity index is 701. The van der Waals surface area contributed by atoms with Crippen LogP contribution in [0.15, 0.2) is 65.7 Å². The fraction of sp³-hybridized carbons (Fsp3) is 0.333. The van der Waals surface area contributed by atoms with Gasteiger partial charge in [-0.3, -0.25) is 4.79 Å². The minimum atomic E-state index is -0.820. The number of rotatable bonds is 5. The molecule has 1 heterocycles. The molecule has 0 unspecified atom stereocenters. The Kier molecular flexibility index (Phi) is 5.17. The van der Waals surface area contributed by atoms with Gasteiger partial charge in [-0.1, -0.05) is 60.7 Å². The second kappa shape index (κ2) is 7.51. The third-order valence-corrected chi connectivity index (χ3v) is 4.49. The minimum absolute atomic E-state index is 0.242. The van der Waals surface area contributed by atoms with Gasteiger partial charge in [0.15, 0.2) is 5.90 Å². The summed E-state index contributed by atoms with van der Waals surface area (Å²) in [6, 6.07) is 19.8. The van der Waals surface area contributed by atoms with Crippen molar-refractivity contribution >= 4 is 11.9 Å². The van der Waals surface area contributed by atoms with Crippen LogP contribution in [0.4, 0.5) is 0 Å². The van der Waals surface area contributed by atoms with E-state index in [2.05, 4.69) is 0 Å². The summed E-state index contributed by atoms with van der Waals surface area (Å²) in [4.78, 5) is 17.7. The van der Waals surface area contributed by atoms with Gasteiger partial charge in [0.05, 0.1) is 19.1 Å². The number of esters is 1. The highest BCUT2D eigenvalue weighted by Crippen LogP contribution is 2.47. The number of benzene rings is 2. The van der Waals surface area contributed by atoms with Crippen LogP contribution in [0.2, 0.25) is 0 Å². The molecule has 0 saturated carbocycles. The fourth-order valence-corrected chi connectivity index (χ4v) is 3.48. The molecule has 0 bridgehead atoms. The first-order chi connectivity index (χ1) is 12.2. The first-order valence-electron chi connectivity index (χ1n) is 8.71. The van der Waals surface area contributed by atoms with Crippen LogP contribution in [-0.4, -0.2) is 25.1 Å². The molecule has 2 aromatic carbocycles. The maximum atomic E-state index is 12.8. The number of hydrogen-bond donors (Lipinski definition) is 0. The van der Waals surface area contributed by atoms with Crippen molar-refractivity contribution in [2.24, 2.45) is 10.9 Å². The van der Waals surface area contributed by atoms with Crippen LogP contribution in [0.3, 0.4) is 0 Å². The molecule has 1 atom stereocenters. The number of nitrogens with zero attached hydrogens (tertiary/aromatic N) is 1. The molecule has 130 valence electrons. The quantitative estimate of drug-likeness (QED) is 0.776. The van der Waals surface area contributed by atoms with Crippen molar-refractivity contribution in [2.45, 2.75) is 25.8 Å². The van der Waals surface area contributed by atoms with Crippen LogP contribution in [-0.2, 0) is 19.8 Å². The summed E-state index contributed by atoms with van der Waals surface area (Å²) in [5.74, 6) is -0.0827. The van der Waals surface area contributed by atoms with Crippen molar-refractivity contribution in [1.29, 1.82) is 0 Å². The average Bonchev–Trinajstić information content (AvgIpc) is 3.04. The number of carbonyl (C=O) groups is 1. The van der Waals surface area contributed by atoms with Crippen LogP contribution in [0.5, 0.6) is 0 Å². The van der Waals surface area contributed by atoms with E-state index in [4.69, 9.17) is 14.5 Å². The van der Waals surface area contributed by atoms with E-state index in [0.29, 0.717) is 25.5 Å².